The molecule has 0 fully saturated rings. The topological polar surface area (TPSA) is 66.0 Å². The summed E-state index contributed by atoms with van der Waals surface area (Å²) in [6, 6.07) is 9.66. The summed E-state index contributed by atoms with van der Waals surface area (Å²) in [5.74, 6) is 1.98. The highest BCUT2D eigenvalue weighted by atomic mass is 16.5. The molecule has 84 valence electrons. The highest BCUT2D eigenvalue weighted by molar-refractivity contribution is 5.21. The maximum atomic E-state index is 5.57. The average molecular weight is 218 g/mol. The zero-order valence-electron chi connectivity index (χ0n) is 9.13. The molecule has 0 atom stereocenters. The van der Waals surface area contributed by atoms with Gasteiger partial charge in [0.25, 0.3) is 0 Å². The Hall–Kier alpha value is -2.04. The smallest absolute Gasteiger partial charge is 0.218 e. The van der Waals surface area contributed by atoms with E-state index in [1.165, 1.54) is 0 Å². The third-order valence-electron chi connectivity index (χ3n) is 2.18. The first-order valence-electron chi connectivity index (χ1n) is 5.09. The summed E-state index contributed by atoms with van der Waals surface area (Å²) in [6.45, 7) is 0.549. The number of nitrogens with zero attached hydrogens (tertiary/aromatic N) is 3. The van der Waals surface area contributed by atoms with E-state index >= 15 is 0 Å². The minimum Gasteiger partial charge on any atom is -0.493 e. The number of benzene rings is 1. The number of ether oxygens (including phenoxy) is 1. The van der Waals surface area contributed by atoms with Gasteiger partial charge in [-0.3, -0.25) is 0 Å². The zero-order valence-corrected chi connectivity index (χ0v) is 9.13. The lowest BCUT2D eigenvalue weighted by Gasteiger charge is -2.03. The van der Waals surface area contributed by atoms with E-state index in [4.69, 9.17) is 10.5 Å². The van der Waals surface area contributed by atoms with Gasteiger partial charge in [-0.15, -0.1) is 0 Å². The van der Waals surface area contributed by atoms with Crippen molar-refractivity contribution in [3.63, 3.8) is 0 Å². The van der Waals surface area contributed by atoms with E-state index in [1.807, 2.05) is 30.3 Å². The summed E-state index contributed by atoms with van der Waals surface area (Å²) >= 11 is 0. The Morgan fingerprint density at radius 2 is 2.06 bits per heavy atom. The number of aromatic nitrogens is 3. The molecule has 16 heavy (non-hydrogen) atoms. The fourth-order valence-electron chi connectivity index (χ4n) is 1.33. The molecule has 0 aliphatic heterocycles. The Balaban J connectivity index is 1.84. The molecule has 1 aromatic carbocycles. The van der Waals surface area contributed by atoms with Gasteiger partial charge < -0.3 is 10.5 Å². The molecule has 0 amide bonds. The molecule has 1 aromatic heterocycles. The number of anilines is 1. The largest absolute Gasteiger partial charge is 0.493 e. The summed E-state index contributed by atoms with van der Waals surface area (Å²) < 4.78 is 7.08. The van der Waals surface area contributed by atoms with E-state index in [0.717, 1.165) is 5.75 Å². The molecule has 2 aromatic rings. The van der Waals surface area contributed by atoms with Crippen LogP contribution in [0.25, 0.3) is 0 Å². The molecule has 2 N–H and O–H groups in total. The molecule has 0 spiro atoms. The SMILES string of the molecule is Cn1nc(CCOc2ccccc2)nc1N. The first-order chi connectivity index (χ1) is 7.75. The number of para-hydroxylation sites is 1. The van der Waals surface area contributed by atoms with Crippen LogP contribution in [0.1, 0.15) is 5.82 Å². The Labute approximate surface area is 93.9 Å². The average Bonchev–Trinajstić information content (AvgIpc) is 2.60. The van der Waals surface area contributed by atoms with Crippen LogP contribution in [0.4, 0.5) is 5.95 Å². The van der Waals surface area contributed by atoms with Crippen molar-refractivity contribution in [1.82, 2.24) is 14.8 Å². The van der Waals surface area contributed by atoms with Gasteiger partial charge in [0.05, 0.1) is 6.61 Å². The van der Waals surface area contributed by atoms with Gasteiger partial charge in [0.1, 0.15) is 5.75 Å². The quantitative estimate of drug-likeness (QED) is 0.832. The van der Waals surface area contributed by atoms with Crippen molar-refractivity contribution in [2.45, 2.75) is 6.42 Å². The summed E-state index contributed by atoms with van der Waals surface area (Å²) in [5, 5.41) is 4.14. The fourth-order valence-corrected chi connectivity index (χ4v) is 1.33. The molecule has 0 aliphatic carbocycles. The van der Waals surface area contributed by atoms with Crippen molar-refractivity contribution < 1.29 is 4.74 Å². The highest BCUT2D eigenvalue weighted by Crippen LogP contribution is 2.08. The van der Waals surface area contributed by atoms with Crippen molar-refractivity contribution in [3.05, 3.63) is 36.2 Å². The lowest BCUT2D eigenvalue weighted by atomic mass is 10.3. The van der Waals surface area contributed by atoms with E-state index in [0.29, 0.717) is 24.8 Å². The molecule has 0 saturated heterocycles. The molecule has 1 heterocycles. The van der Waals surface area contributed by atoms with Crippen LogP contribution >= 0.6 is 0 Å². The predicted octanol–water partition coefficient (Wildman–Crippen LogP) is 1.02. The second-order valence-corrected chi connectivity index (χ2v) is 3.42. The van der Waals surface area contributed by atoms with Gasteiger partial charge in [0, 0.05) is 13.5 Å². The second kappa shape index (κ2) is 4.65. The van der Waals surface area contributed by atoms with Crippen LogP contribution in [0.15, 0.2) is 30.3 Å². The number of nitrogen functional groups attached to an aromatic ring is 1. The van der Waals surface area contributed by atoms with Crippen molar-refractivity contribution in [1.29, 1.82) is 0 Å². The van der Waals surface area contributed by atoms with E-state index in [-0.39, 0.29) is 0 Å². The summed E-state index contributed by atoms with van der Waals surface area (Å²) in [7, 11) is 1.77. The molecular weight excluding hydrogens is 204 g/mol. The van der Waals surface area contributed by atoms with Gasteiger partial charge in [-0.1, -0.05) is 18.2 Å². The summed E-state index contributed by atoms with van der Waals surface area (Å²) in [5.41, 5.74) is 5.57. The molecule has 5 nitrogen and oxygen atoms in total. The minimum absolute atomic E-state index is 0.426. The first-order valence-corrected chi connectivity index (χ1v) is 5.09. The van der Waals surface area contributed by atoms with Crippen molar-refractivity contribution >= 4 is 5.95 Å². The van der Waals surface area contributed by atoms with Gasteiger partial charge in [0.15, 0.2) is 5.82 Å². The lowest BCUT2D eigenvalue weighted by molar-refractivity contribution is 0.319. The molecule has 0 aliphatic rings. The lowest BCUT2D eigenvalue weighted by Crippen LogP contribution is -2.03. The second-order valence-electron chi connectivity index (χ2n) is 3.42. The fraction of sp³-hybridized carbons (Fsp3) is 0.273. The monoisotopic (exact) mass is 218 g/mol. The summed E-state index contributed by atoms with van der Waals surface area (Å²) in [4.78, 5) is 4.09. The standard InChI is InChI=1S/C11H14N4O/c1-15-11(12)13-10(14-15)7-8-16-9-5-3-2-4-6-9/h2-6H,7-8H2,1H3,(H2,12,13,14). The van der Waals surface area contributed by atoms with Gasteiger partial charge in [-0.25, -0.2) is 4.68 Å². The van der Waals surface area contributed by atoms with Crippen molar-refractivity contribution in [2.75, 3.05) is 12.3 Å². The third kappa shape index (κ3) is 2.50. The Kier molecular flexibility index (Phi) is 3.05. The Bertz CT molecular complexity index is 433. The van der Waals surface area contributed by atoms with Crippen LogP contribution in [0.5, 0.6) is 5.75 Å². The number of aryl methyl sites for hydroxylation is 1. The molecule has 0 saturated carbocycles. The van der Waals surface area contributed by atoms with Gasteiger partial charge >= 0.3 is 0 Å². The van der Waals surface area contributed by atoms with Crippen molar-refractivity contribution in [3.8, 4) is 5.75 Å². The highest BCUT2D eigenvalue weighted by Gasteiger charge is 2.03. The molecule has 5 heteroatoms. The predicted molar refractivity (Wildman–Crippen MR) is 61.1 cm³/mol. The van der Waals surface area contributed by atoms with Crippen LogP contribution in [0, 0.1) is 0 Å². The molecule has 0 bridgehead atoms. The molecular formula is C11H14N4O. The van der Waals surface area contributed by atoms with Crippen molar-refractivity contribution in [2.24, 2.45) is 7.05 Å². The first kappa shape index (κ1) is 10.5. The van der Waals surface area contributed by atoms with Crippen LogP contribution in [0.3, 0.4) is 0 Å². The number of rotatable bonds is 4. The Morgan fingerprint density at radius 1 is 1.31 bits per heavy atom. The van der Waals surface area contributed by atoms with E-state index in [2.05, 4.69) is 10.1 Å². The van der Waals surface area contributed by atoms with Crippen LogP contribution < -0.4 is 10.5 Å². The molecule has 2 rings (SSSR count). The maximum absolute atomic E-state index is 5.57. The number of hydrogen-bond donors (Lipinski definition) is 1. The number of hydrogen-bond acceptors (Lipinski definition) is 4. The van der Waals surface area contributed by atoms with E-state index < -0.39 is 0 Å². The maximum Gasteiger partial charge on any atom is 0.218 e. The Morgan fingerprint density at radius 3 is 2.69 bits per heavy atom. The number of nitrogens with two attached hydrogens (primary N) is 1. The van der Waals surface area contributed by atoms with Gasteiger partial charge in [-0.05, 0) is 12.1 Å². The van der Waals surface area contributed by atoms with Gasteiger partial charge in [0.2, 0.25) is 5.95 Å². The molecule has 0 unspecified atom stereocenters. The van der Waals surface area contributed by atoms with Crippen LogP contribution in [-0.2, 0) is 13.5 Å². The normalized spacial score (nSPS) is 10.3. The van der Waals surface area contributed by atoms with E-state index in [1.54, 1.807) is 11.7 Å². The third-order valence-corrected chi connectivity index (χ3v) is 2.18. The van der Waals surface area contributed by atoms with Crippen LogP contribution in [0.2, 0.25) is 0 Å². The van der Waals surface area contributed by atoms with Crippen LogP contribution in [-0.4, -0.2) is 21.4 Å². The van der Waals surface area contributed by atoms with E-state index in [9.17, 15) is 0 Å². The minimum atomic E-state index is 0.426. The summed E-state index contributed by atoms with van der Waals surface area (Å²) in [6.07, 6.45) is 0.653. The zero-order chi connectivity index (χ0) is 11.4. The van der Waals surface area contributed by atoms with Gasteiger partial charge in [-0.2, -0.15) is 10.1 Å². The molecule has 0 radical (unpaired) electrons.